The first-order chi connectivity index (χ1) is 11.1. The van der Waals surface area contributed by atoms with Crippen LogP contribution < -0.4 is 4.31 Å². The molecule has 1 aliphatic heterocycles. The largest absolute Gasteiger partial charge is 0.264 e. The quantitative estimate of drug-likeness (QED) is 0.839. The van der Waals surface area contributed by atoms with Crippen LogP contribution in [-0.2, 0) is 33.7 Å². The molecule has 0 bridgehead atoms. The van der Waals surface area contributed by atoms with E-state index in [9.17, 15) is 12.6 Å². The molecule has 0 saturated heterocycles. The van der Waals surface area contributed by atoms with E-state index in [1.807, 2.05) is 12.1 Å². The molecule has 23 heavy (non-hydrogen) atoms. The van der Waals surface area contributed by atoms with Crippen LogP contribution in [-0.4, -0.2) is 24.9 Å². The number of anilines is 1. The van der Waals surface area contributed by atoms with Gasteiger partial charge in [-0.1, -0.05) is 18.2 Å². The number of hydrogen-bond acceptors (Lipinski definition) is 3. The number of benzene rings is 2. The lowest BCUT2D eigenvalue weighted by atomic mass is 10.1. The van der Waals surface area contributed by atoms with Gasteiger partial charge in [0.15, 0.2) is 0 Å². The first-order valence-corrected chi connectivity index (χ1v) is 10.5. The summed E-state index contributed by atoms with van der Waals surface area (Å²) in [6.45, 7) is 0.253. The van der Waals surface area contributed by atoms with E-state index in [-0.39, 0.29) is 6.54 Å². The van der Waals surface area contributed by atoms with Gasteiger partial charge in [0.05, 0.1) is 26.3 Å². The number of hydrogen-bond donors (Lipinski definition) is 0. The van der Waals surface area contributed by atoms with Crippen LogP contribution >= 0.6 is 0 Å². The van der Waals surface area contributed by atoms with Crippen molar-refractivity contribution in [2.24, 2.45) is 0 Å². The van der Waals surface area contributed by atoms with Gasteiger partial charge in [-0.15, -0.1) is 0 Å². The molecular weight excluding hydrogens is 330 g/mol. The van der Waals surface area contributed by atoms with Gasteiger partial charge in [0.1, 0.15) is 0 Å². The predicted molar refractivity (Wildman–Crippen MR) is 90.7 cm³/mol. The van der Waals surface area contributed by atoms with Crippen LogP contribution in [0.5, 0.6) is 0 Å². The van der Waals surface area contributed by atoms with E-state index in [4.69, 9.17) is 0 Å². The van der Waals surface area contributed by atoms with Crippen LogP contribution in [0.15, 0.2) is 52.3 Å². The SMILES string of the molecule is O=S1CCN(S(=O)(=O)c2ccc3c(c2)CCC3)c2ccccc21. The van der Waals surface area contributed by atoms with Gasteiger partial charge in [-0.3, -0.25) is 8.51 Å². The highest BCUT2D eigenvalue weighted by Gasteiger charge is 2.32. The van der Waals surface area contributed by atoms with Gasteiger partial charge in [-0.05, 0) is 54.7 Å². The summed E-state index contributed by atoms with van der Waals surface area (Å²) in [6.07, 6.45) is 3.06. The second-order valence-corrected chi connectivity index (χ2v) is 9.28. The number of fused-ring (bicyclic) bond motifs is 2. The van der Waals surface area contributed by atoms with E-state index in [1.54, 1.807) is 30.3 Å². The Morgan fingerprint density at radius 2 is 1.78 bits per heavy atom. The Balaban J connectivity index is 1.81. The fourth-order valence-corrected chi connectivity index (χ4v) is 6.26. The summed E-state index contributed by atoms with van der Waals surface area (Å²) in [5.41, 5.74) is 2.93. The van der Waals surface area contributed by atoms with Crippen LogP contribution in [0.2, 0.25) is 0 Å². The van der Waals surface area contributed by atoms with Crippen molar-refractivity contribution in [1.29, 1.82) is 0 Å². The maximum Gasteiger partial charge on any atom is 0.264 e. The minimum Gasteiger partial charge on any atom is -0.264 e. The van der Waals surface area contributed by atoms with Crippen molar-refractivity contribution in [2.45, 2.75) is 29.1 Å². The Morgan fingerprint density at radius 1 is 1.00 bits per heavy atom. The van der Waals surface area contributed by atoms with Gasteiger partial charge in [-0.2, -0.15) is 0 Å². The molecule has 1 atom stereocenters. The van der Waals surface area contributed by atoms with E-state index in [1.165, 1.54) is 9.87 Å². The van der Waals surface area contributed by atoms with Gasteiger partial charge in [-0.25, -0.2) is 8.42 Å². The molecule has 0 N–H and O–H groups in total. The van der Waals surface area contributed by atoms with E-state index in [2.05, 4.69) is 0 Å². The molecule has 6 heteroatoms. The summed E-state index contributed by atoms with van der Waals surface area (Å²) in [5.74, 6) is 0.335. The van der Waals surface area contributed by atoms with E-state index in [0.29, 0.717) is 21.2 Å². The second kappa shape index (κ2) is 5.46. The molecule has 0 saturated carbocycles. The fourth-order valence-electron chi connectivity index (χ4n) is 3.34. The van der Waals surface area contributed by atoms with Crippen LogP contribution in [0, 0.1) is 0 Å². The molecule has 1 unspecified atom stereocenters. The highest BCUT2D eigenvalue weighted by atomic mass is 32.2. The first kappa shape index (κ1) is 14.9. The Kier molecular flexibility index (Phi) is 3.54. The van der Waals surface area contributed by atoms with Gasteiger partial charge in [0, 0.05) is 12.3 Å². The molecule has 0 aromatic heterocycles. The Bertz CT molecular complexity index is 906. The maximum absolute atomic E-state index is 13.1. The zero-order valence-electron chi connectivity index (χ0n) is 12.6. The van der Waals surface area contributed by atoms with Gasteiger partial charge < -0.3 is 0 Å². The minimum absolute atomic E-state index is 0.253. The molecule has 4 rings (SSSR count). The summed E-state index contributed by atoms with van der Waals surface area (Å²) in [5, 5.41) is 0. The third-order valence-corrected chi connectivity index (χ3v) is 7.72. The molecule has 0 spiro atoms. The normalized spacial score (nSPS) is 20.2. The lowest BCUT2D eigenvalue weighted by Crippen LogP contribution is -2.38. The van der Waals surface area contributed by atoms with Crippen molar-refractivity contribution in [3.63, 3.8) is 0 Å². The first-order valence-electron chi connectivity index (χ1n) is 7.69. The van der Waals surface area contributed by atoms with Crippen LogP contribution in [0.4, 0.5) is 5.69 Å². The molecular formula is C17H17NO3S2. The lowest BCUT2D eigenvalue weighted by Gasteiger charge is -2.30. The van der Waals surface area contributed by atoms with Gasteiger partial charge in [0.25, 0.3) is 10.0 Å². The van der Waals surface area contributed by atoms with Crippen molar-refractivity contribution in [3.05, 3.63) is 53.6 Å². The minimum atomic E-state index is -3.62. The topological polar surface area (TPSA) is 54.5 Å². The van der Waals surface area contributed by atoms with Crippen LogP contribution in [0.25, 0.3) is 0 Å². The van der Waals surface area contributed by atoms with Crippen LogP contribution in [0.3, 0.4) is 0 Å². The average molecular weight is 347 g/mol. The highest BCUT2D eigenvalue weighted by molar-refractivity contribution is 7.93. The third-order valence-electron chi connectivity index (χ3n) is 4.52. The third kappa shape index (κ3) is 2.40. The zero-order chi connectivity index (χ0) is 16.0. The molecule has 120 valence electrons. The molecule has 2 aromatic carbocycles. The smallest absolute Gasteiger partial charge is 0.264 e. The highest BCUT2D eigenvalue weighted by Crippen LogP contribution is 2.33. The monoisotopic (exact) mass is 347 g/mol. The summed E-state index contributed by atoms with van der Waals surface area (Å²) in [7, 11) is -4.75. The van der Waals surface area contributed by atoms with Gasteiger partial charge >= 0.3 is 0 Å². The van der Waals surface area contributed by atoms with Crippen molar-refractivity contribution >= 4 is 26.5 Å². The zero-order valence-corrected chi connectivity index (χ0v) is 14.2. The standard InChI is InChI=1S/C17H17NO3S2/c19-22-11-10-18(16-6-1-2-7-17(16)22)23(20,21)15-9-8-13-4-3-5-14(13)12-15/h1-2,6-9,12H,3-5,10-11H2. The summed E-state index contributed by atoms with van der Waals surface area (Å²) in [4.78, 5) is 0.934. The number of nitrogens with zero attached hydrogens (tertiary/aromatic N) is 1. The van der Waals surface area contributed by atoms with E-state index >= 15 is 0 Å². The molecule has 4 nitrogen and oxygen atoms in total. The number of para-hydroxylation sites is 1. The summed E-state index contributed by atoms with van der Waals surface area (Å²) >= 11 is 0. The summed E-state index contributed by atoms with van der Waals surface area (Å²) in [6, 6.07) is 12.5. The number of rotatable bonds is 2. The van der Waals surface area contributed by atoms with E-state index < -0.39 is 20.8 Å². The second-order valence-electron chi connectivity index (χ2n) is 5.88. The molecule has 0 fully saturated rings. The van der Waals surface area contributed by atoms with Crippen molar-refractivity contribution in [1.82, 2.24) is 0 Å². The molecule has 0 amide bonds. The van der Waals surface area contributed by atoms with E-state index in [0.717, 1.165) is 24.8 Å². The van der Waals surface area contributed by atoms with Crippen molar-refractivity contribution in [2.75, 3.05) is 16.6 Å². The lowest BCUT2D eigenvalue weighted by molar-refractivity contribution is 0.591. The average Bonchev–Trinajstić information content (AvgIpc) is 3.03. The maximum atomic E-state index is 13.1. The molecule has 2 aliphatic rings. The van der Waals surface area contributed by atoms with Crippen LogP contribution in [0.1, 0.15) is 17.5 Å². The molecule has 0 radical (unpaired) electrons. The van der Waals surface area contributed by atoms with Gasteiger partial charge in [0.2, 0.25) is 0 Å². The Hall–Kier alpha value is -1.66. The summed E-state index contributed by atoms with van der Waals surface area (Å²) < 4.78 is 39.7. The van der Waals surface area contributed by atoms with Crippen molar-refractivity contribution in [3.8, 4) is 0 Å². The van der Waals surface area contributed by atoms with Crippen molar-refractivity contribution < 1.29 is 12.6 Å². The predicted octanol–water partition coefficient (Wildman–Crippen LogP) is 2.49. The Morgan fingerprint density at radius 3 is 2.65 bits per heavy atom. The Labute approximate surface area is 138 Å². The molecule has 1 aliphatic carbocycles. The molecule has 2 aromatic rings. The fraction of sp³-hybridized carbons (Fsp3) is 0.294. The molecule has 1 heterocycles. The number of aryl methyl sites for hydroxylation is 2. The number of sulfonamides is 1.